The van der Waals surface area contributed by atoms with Crippen LogP contribution < -0.4 is 10.6 Å². The van der Waals surface area contributed by atoms with Gasteiger partial charge in [0, 0.05) is 19.5 Å². The lowest BCUT2D eigenvalue weighted by atomic mass is 9.98. The number of likely N-dealkylation sites (N-methyl/N-ethyl adjacent to an activating group) is 1. The first-order valence-electron chi connectivity index (χ1n) is 6.82. The summed E-state index contributed by atoms with van der Waals surface area (Å²) in [6, 6.07) is 3.74. The minimum Gasteiger partial charge on any atom is -0.468 e. The number of hydrogen-bond donors (Lipinski definition) is 2. The molecule has 1 saturated heterocycles. The van der Waals surface area contributed by atoms with Crippen LogP contribution >= 0.6 is 0 Å². The third-order valence-electron chi connectivity index (χ3n) is 3.60. The third kappa shape index (κ3) is 3.60. The number of nitrogens with zero attached hydrogens (tertiary/aromatic N) is 1. The monoisotopic (exact) mass is 279 g/mol. The SMILES string of the molecule is CN(C)C(CNC(=O)C1CCC(=O)NC1)c1ccco1. The van der Waals surface area contributed by atoms with E-state index in [1.165, 1.54) is 0 Å². The number of carbonyl (C=O) groups is 2. The number of carbonyl (C=O) groups excluding carboxylic acids is 2. The van der Waals surface area contributed by atoms with Gasteiger partial charge in [0.25, 0.3) is 0 Å². The molecule has 0 aliphatic carbocycles. The number of furan rings is 1. The molecule has 2 amide bonds. The van der Waals surface area contributed by atoms with Gasteiger partial charge in [0.15, 0.2) is 0 Å². The molecule has 1 aliphatic rings. The van der Waals surface area contributed by atoms with Crippen molar-refractivity contribution in [2.45, 2.75) is 18.9 Å². The van der Waals surface area contributed by atoms with Crippen LogP contribution in [-0.4, -0.2) is 43.9 Å². The first-order valence-corrected chi connectivity index (χ1v) is 6.82. The van der Waals surface area contributed by atoms with E-state index in [0.717, 1.165) is 5.76 Å². The number of hydrogen-bond acceptors (Lipinski definition) is 4. The second-order valence-corrected chi connectivity index (χ2v) is 5.28. The molecule has 0 aromatic carbocycles. The minimum atomic E-state index is -0.132. The van der Waals surface area contributed by atoms with Crippen LogP contribution in [0.15, 0.2) is 22.8 Å². The van der Waals surface area contributed by atoms with Crippen molar-refractivity contribution in [2.24, 2.45) is 5.92 Å². The summed E-state index contributed by atoms with van der Waals surface area (Å²) in [7, 11) is 3.89. The van der Waals surface area contributed by atoms with Crippen LogP contribution in [0.2, 0.25) is 0 Å². The highest BCUT2D eigenvalue weighted by Crippen LogP contribution is 2.18. The van der Waals surface area contributed by atoms with Gasteiger partial charge >= 0.3 is 0 Å². The van der Waals surface area contributed by atoms with Gasteiger partial charge in [-0.1, -0.05) is 0 Å². The van der Waals surface area contributed by atoms with Crippen LogP contribution in [-0.2, 0) is 9.59 Å². The van der Waals surface area contributed by atoms with Crippen LogP contribution in [0.25, 0.3) is 0 Å². The topological polar surface area (TPSA) is 74.6 Å². The van der Waals surface area contributed by atoms with Crippen LogP contribution in [0, 0.1) is 5.92 Å². The molecule has 0 radical (unpaired) electrons. The first kappa shape index (κ1) is 14.6. The van der Waals surface area contributed by atoms with E-state index in [2.05, 4.69) is 10.6 Å². The molecule has 0 spiro atoms. The fraction of sp³-hybridized carbons (Fsp3) is 0.571. The Kier molecular flexibility index (Phi) is 4.79. The molecule has 2 unspecified atom stereocenters. The average molecular weight is 279 g/mol. The molecule has 2 atom stereocenters. The van der Waals surface area contributed by atoms with Gasteiger partial charge in [-0.05, 0) is 32.6 Å². The van der Waals surface area contributed by atoms with Crippen molar-refractivity contribution in [1.29, 1.82) is 0 Å². The lowest BCUT2D eigenvalue weighted by molar-refractivity contribution is -0.129. The Morgan fingerprint density at radius 3 is 2.95 bits per heavy atom. The molecule has 2 N–H and O–H groups in total. The van der Waals surface area contributed by atoms with E-state index in [4.69, 9.17) is 4.42 Å². The zero-order valence-corrected chi connectivity index (χ0v) is 11.9. The molecular weight excluding hydrogens is 258 g/mol. The highest BCUT2D eigenvalue weighted by molar-refractivity contribution is 5.83. The van der Waals surface area contributed by atoms with Gasteiger partial charge in [0.05, 0.1) is 18.2 Å². The third-order valence-corrected chi connectivity index (χ3v) is 3.60. The maximum atomic E-state index is 12.1. The largest absolute Gasteiger partial charge is 0.468 e. The number of amides is 2. The van der Waals surface area contributed by atoms with Crippen molar-refractivity contribution in [3.05, 3.63) is 24.2 Å². The van der Waals surface area contributed by atoms with Crippen molar-refractivity contribution in [3.8, 4) is 0 Å². The lowest BCUT2D eigenvalue weighted by Gasteiger charge is -2.25. The second kappa shape index (κ2) is 6.56. The summed E-state index contributed by atoms with van der Waals surface area (Å²) >= 11 is 0. The summed E-state index contributed by atoms with van der Waals surface area (Å²) in [4.78, 5) is 25.2. The molecule has 2 heterocycles. The molecule has 1 aromatic heterocycles. The normalized spacial score (nSPS) is 20.6. The van der Waals surface area contributed by atoms with E-state index < -0.39 is 0 Å². The first-order chi connectivity index (χ1) is 9.58. The van der Waals surface area contributed by atoms with Crippen LogP contribution in [0.5, 0.6) is 0 Å². The summed E-state index contributed by atoms with van der Waals surface area (Å²) in [6.45, 7) is 0.918. The molecular formula is C14H21N3O3. The van der Waals surface area contributed by atoms with Gasteiger partial charge in [-0.15, -0.1) is 0 Å². The van der Waals surface area contributed by atoms with Gasteiger partial charge in [0.1, 0.15) is 5.76 Å². The van der Waals surface area contributed by atoms with E-state index in [9.17, 15) is 9.59 Å². The van der Waals surface area contributed by atoms with Gasteiger partial charge in [-0.2, -0.15) is 0 Å². The van der Waals surface area contributed by atoms with E-state index in [1.54, 1.807) is 6.26 Å². The van der Waals surface area contributed by atoms with Gasteiger partial charge in [0.2, 0.25) is 11.8 Å². The average Bonchev–Trinajstić information content (AvgIpc) is 2.93. The molecule has 6 nitrogen and oxygen atoms in total. The number of nitrogens with one attached hydrogen (secondary N) is 2. The molecule has 20 heavy (non-hydrogen) atoms. The Morgan fingerprint density at radius 2 is 2.40 bits per heavy atom. The van der Waals surface area contributed by atoms with Crippen LogP contribution in [0.3, 0.4) is 0 Å². The second-order valence-electron chi connectivity index (χ2n) is 5.28. The number of rotatable bonds is 5. The smallest absolute Gasteiger partial charge is 0.224 e. The maximum absolute atomic E-state index is 12.1. The maximum Gasteiger partial charge on any atom is 0.224 e. The quantitative estimate of drug-likeness (QED) is 0.824. The zero-order valence-electron chi connectivity index (χ0n) is 11.9. The Hall–Kier alpha value is -1.82. The highest BCUT2D eigenvalue weighted by Gasteiger charge is 2.25. The Morgan fingerprint density at radius 1 is 1.60 bits per heavy atom. The fourth-order valence-electron chi connectivity index (χ4n) is 2.32. The summed E-state index contributed by atoms with van der Waals surface area (Å²) in [5.41, 5.74) is 0. The van der Waals surface area contributed by atoms with E-state index >= 15 is 0 Å². The minimum absolute atomic E-state index is 0.00660. The van der Waals surface area contributed by atoms with E-state index in [1.807, 2.05) is 31.1 Å². The van der Waals surface area contributed by atoms with E-state index in [0.29, 0.717) is 25.9 Å². The van der Waals surface area contributed by atoms with Crippen molar-refractivity contribution in [2.75, 3.05) is 27.2 Å². The molecule has 110 valence electrons. The van der Waals surface area contributed by atoms with Crippen LogP contribution in [0.4, 0.5) is 0 Å². The van der Waals surface area contributed by atoms with Crippen molar-refractivity contribution < 1.29 is 14.0 Å². The highest BCUT2D eigenvalue weighted by atomic mass is 16.3. The molecule has 1 aliphatic heterocycles. The van der Waals surface area contributed by atoms with Gasteiger partial charge < -0.3 is 15.1 Å². The standard InChI is InChI=1S/C14H21N3O3/c1-17(2)11(12-4-3-7-20-12)9-16-14(19)10-5-6-13(18)15-8-10/h3-4,7,10-11H,5-6,8-9H2,1-2H3,(H,15,18)(H,16,19). The summed E-state index contributed by atoms with van der Waals surface area (Å²) in [6.07, 6.45) is 2.67. The molecule has 1 aromatic rings. The molecule has 0 saturated carbocycles. The summed E-state index contributed by atoms with van der Waals surface area (Å²) in [5.74, 6) is 0.707. The van der Waals surface area contributed by atoms with Crippen molar-refractivity contribution >= 4 is 11.8 Å². The Bertz CT molecular complexity index is 446. The molecule has 6 heteroatoms. The summed E-state index contributed by atoms with van der Waals surface area (Å²) < 4.78 is 5.40. The fourth-order valence-corrected chi connectivity index (χ4v) is 2.32. The molecule has 0 bridgehead atoms. The Balaban J connectivity index is 1.86. The molecule has 2 rings (SSSR count). The van der Waals surface area contributed by atoms with Crippen molar-refractivity contribution in [1.82, 2.24) is 15.5 Å². The number of piperidine rings is 1. The predicted octanol–water partition coefficient (Wildman–Crippen LogP) is 0.525. The summed E-state index contributed by atoms with van der Waals surface area (Å²) in [5, 5.41) is 5.67. The predicted molar refractivity (Wildman–Crippen MR) is 73.9 cm³/mol. The van der Waals surface area contributed by atoms with Crippen LogP contribution in [0.1, 0.15) is 24.6 Å². The zero-order chi connectivity index (χ0) is 14.5. The van der Waals surface area contributed by atoms with Gasteiger partial charge in [-0.3, -0.25) is 14.5 Å². The van der Waals surface area contributed by atoms with Crippen molar-refractivity contribution in [3.63, 3.8) is 0 Å². The molecule has 1 fully saturated rings. The van der Waals surface area contributed by atoms with E-state index in [-0.39, 0.29) is 23.8 Å². The lowest BCUT2D eigenvalue weighted by Crippen LogP contribution is -2.44. The van der Waals surface area contributed by atoms with Gasteiger partial charge in [-0.25, -0.2) is 0 Å². The Labute approximate surface area is 118 Å².